The van der Waals surface area contributed by atoms with E-state index in [-0.39, 0.29) is 17.8 Å². The molecule has 0 aliphatic carbocycles. The number of carbonyl (C=O) groups excluding carboxylic acids is 1. The van der Waals surface area contributed by atoms with Crippen LogP contribution in [0.1, 0.15) is 21.5 Å². The predicted octanol–water partition coefficient (Wildman–Crippen LogP) is 3.96. The maximum Gasteiger partial charge on any atom is 0.416 e. The Morgan fingerprint density at radius 3 is 2.42 bits per heavy atom. The highest BCUT2D eigenvalue weighted by molar-refractivity contribution is 5.93. The smallest absolute Gasteiger partial charge is 0.348 e. The van der Waals surface area contributed by atoms with Gasteiger partial charge in [0.1, 0.15) is 11.5 Å². The van der Waals surface area contributed by atoms with Crippen molar-refractivity contribution >= 4 is 5.91 Å². The maximum atomic E-state index is 13.7. The second kappa shape index (κ2) is 6.99. The van der Waals surface area contributed by atoms with Gasteiger partial charge in [0.05, 0.1) is 17.3 Å². The van der Waals surface area contributed by atoms with Gasteiger partial charge in [0.15, 0.2) is 0 Å². The molecular weight excluding hydrogens is 350 g/mol. The van der Waals surface area contributed by atoms with E-state index in [1.54, 1.807) is 12.1 Å². The number of amides is 1. The number of nitrogens with zero attached hydrogens (tertiary/aromatic N) is 2. The SMILES string of the molecule is O=C(NCc1ccc(C(F)(F)F)cc1)c1cnn(-c2ccccc2F)c1. The first-order chi connectivity index (χ1) is 12.3. The van der Waals surface area contributed by atoms with Crippen molar-refractivity contribution in [2.24, 2.45) is 0 Å². The Morgan fingerprint density at radius 1 is 1.08 bits per heavy atom. The summed E-state index contributed by atoms with van der Waals surface area (Å²) in [6.07, 6.45) is -1.74. The highest BCUT2D eigenvalue weighted by Crippen LogP contribution is 2.29. The molecule has 3 aromatic rings. The van der Waals surface area contributed by atoms with E-state index in [4.69, 9.17) is 0 Å². The number of nitrogens with one attached hydrogen (secondary N) is 1. The fourth-order valence-corrected chi connectivity index (χ4v) is 2.31. The average Bonchev–Trinajstić information content (AvgIpc) is 3.09. The first kappa shape index (κ1) is 17.7. The van der Waals surface area contributed by atoms with Crippen molar-refractivity contribution in [3.8, 4) is 5.69 Å². The molecule has 0 radical (unpaired) electrons. The number of carbonyl (C=O) groups is 1. The first-order valence-electron chi connectivity index (χ1n) is 7.58. The van der Waals surface area contributed by atoms with E-state index in [0.29, 0.717) is 5.56 Å². The molecule has 134 valence electrons. The minimum absolute atomic E-state index is 0.0574. The summed E-state index contributed by atoms with van der Waals surface area (Å²) in [5.74, 6) is -0.945. The van der Waals surface area contributed by atoms with Crippen LogP contribution in [0.25, 0.3) is 5.69 Å². The third kappa shape index (κ3) is 3.90. The number of aromatic nitrogens is 2. The fourth-order valence-electron chi connectivity index (χ4n) is 2.31. The van der Waals surface area contributed by atoms with Crippen LogP contribution in [-0.2, 0) is 12.7 Å². The monoisotopic (exact) mass is 363 g/mol. The molecule has 0 aliphatic heterocycles. The van der Waals surface area contributed by atoms with Gasteiger partial charge in [0.2, 0.25) is 0 Å². The summed E-state index contributed by atoms with van der Waals surface area (Å²) in [6, 6.07) is 10.5. The first-order valence-corrected chi connectivity index (χ1v) is 7.58. The van der Waals surface area contributed by atoms with Crippen LogP contribution >= 0.6 is 0 Å². The van der Waals surface area contributed by atoms with E-state index in [2.05, 4.69) is 10.4 Å². The highest BCUT2D eigenvalue weighted by Gasteiger charge is 2.29. The number of rotatable bonds is 4. The van der Waals surface area contributed by atoms with Crippen molar-refractivity contribution in [1.82, 2.24) is 15.1 Å². The number of alkyl halides is 3. The van der Waals surface area contributed by atoms with Crippen LogP contribution in [0, 0.1) is 5.82 Å². The molecule has 0 aliphatic rings. The third-order valence-electron chi connectivity index (χ3n) is 3.68. The van der Waals surface area contributed by atoms with Crippen molar-refractivity contribution < 1.29 is 22.4 Å². The topological polar surface area (TPSA) is 46.9 Å². The number of hydrogen-bond acceptors (Lipinski definition) is 2. The van der Waals surface area contributed by atoms with E-state index in [1.807, 2.05) is 0 Å². The average molecular weight is 363 g/mol. The Bertz CT molecular complexity index is 917. The van der Waals surface area contributed by atoms with E-state index in [1.165, 1.54) is 41.3 Å². The normalized spacial score (nSPS) is 11.4. The van der Waals surface area contributed by atoms with Gasteiger partial charge in [0.25, 0.3) is 5.91 Å². The predicted molar refractivity (Wildman–Crippen MR) is 86.1 cm³/mol. The van der Waals surface area contributed by atoms with Crippen LogP contribution in [0.15, 0.2) is 60.9 Å². The van der Waals surface area contributed by atoms with Gasteiger partial charge >= 0.3 is 6.18 Å². The molecule has 4 nitrogen and oxygen atoms in total. The van der Waals surface area contributed by atoms with Gasteiger partial charge in [-0.3, -0.25) is 4.79 Å². The lowest BCUT2D eigenvalue weighted by Gasteiger charge is -2.08. The Hall–Kier alpha value is -3.16. The Morgan fingerprint density at radius 2 is 1.77 bits per heavy atom. The fraction of sp³-hybridized carbons (Fsp3) is 0.111. The molecule has 0 bridgehead atoms. The molecule has 2 aromatic carbocycles. The standard InChI is InChI=1S/C18H13F4N3O/c19-15-3-1-2-4-16(15)25-11-13(10-24-25)17(26)23-9-12-5-7-14(8-6-12)18(20,21)22/h1-8,10-11H,9H2,(H,23,26). The molecule has 0 atom stereocenters. The molecule has 8 heteroatoms. The van der Waals surface area contributed by atoms with Crippen LogP contribution < -0.4 is 5.32 Å². The second-order valence-corrected chi connectivity index (χ2v) is 5.50. The lowest BCUT2D eigenvalue weighted by molar-refractivity contribution is -0.137. The minimum atomic E-state index is -4.40. The van der Waals surface area contributed by atoms with Crippen LogP contribution in [0.2, 0.25) is 0 Å². The van der Waals surface area contributed by atoms with E-state index in [9.17, 15) is 22.4 Å². The minimum Gasteiger partial charge on any atom is -0.348 e. The Labute approximate surface area is 146 Å². The van der Waals surface area contributed by atoms with E-state index in [0.717, 1.165) is 12.1 Å². The summed E-state index contributed by atoms with van der Waals surface area (Å²) in [6.45, 7) is 0.0574. The van der Waals surface area contributed by atoms with Gasteiger partial charge in [-0.15, -0.1) is 0 Å². The molecule has 1 aromatic heterocycles. The highest BCUT2D eigenvalue weighted by atomic mass is 19.4. The van der Waals surface area contributed by atoms with Gasteiger partial charge in [-0.2, -0.15) is 18.3 Å². The largest absolute Gasteiger partial charge is 0.416 e. The summed E-state index contributed by atoms with van der Waals surface area (Å²) in [5.41, 5.74) is 0.182. The van der Waals surface area contributed by atoms with Crippen LogP contribution in [0.4, 0.5) is 17.6 Å². The van der Waals surface area contributed by atoms with E-state index >= 15 is 0 Å². The van der Waals surface area contributed by atoms with Crippen LogP contribution in [0.5, 0.6) is 0 Å². The van der Waals surface area contributed by atoms with Gasteiger partial charge in [-0.25, -0.2) is 9.07 Å². The maximum absolute atomic E-state index is 13.7. The van der Waals surface area contributed by atoms with Crippen molar-refractivity contribution in [1.29, 1.82) is 0 Å². The van der Waals surface area contributed by atoms with Crippen molar-refractivity contribution in [2.45, 2.75) is 12.7 Å². The van der Waals surface area contributed by atoms with E-state index < -0.39 is 23.5 Å². The summed E-state index contributed by atoms with van der Waals surface area (Å²) < 4.78 is 52.5. The molecule has 0 spiro atoms. The molecule has 3 rings (SSSR count). The number of benzene rings is 2. The van der Waals surface area contributed by atoms with Gasteiger partial charge < -0.3 is 5.32 Å². The second-order valence-electron chi connectivity index (χ2n) is 5.50. The molecule has 26 heavy (non-hydrogen) atoms. The zero-order chi connectivity index (χ0) is 18.7. The molecule has 0 fully saturated rings. The lowest BCUT2D eigenvalue weighted by atomic mass is 10.1. The van der Waals surface area contributed by atoms with Gasteiger partial charge in [0, 0.05) is 12.7 Å². The lowest BCUT2D eigenvalue weighted by Crippen LogP contribution is -2.22. The van der Waals surface area contributed by atoms with Crippen molar-refractivity contribution in [3.63, 3.8) is 0 Å². The summed E-state index contributed by atoms with van der Waals surface area (Å²) in [5, 5.41) is 6.54. The molecule has 0 saturated heterocycles. The number of hydrogen-bond donors (Lipinski definition) is 1. The zero-order valence-electron chi connectivity index (χ0n) is 13.3. The van der Waals surface area contributed by atoms with Crippen molar-refractivity contribution in [3.05, 3.63) is 83.4 Å². The molecule has 1 N–H and O–H groups in total. The van der Waals surface area contributed by atoms with Crippen LogP contribution in [0.3, 0.4) is 0 Å². The van der Waals surface area contributed by atoms with Crippen molar-refractivity contribution in [2.75, 3.05) is 0 Å². The number of halogens is 4. The van der Waals surface area contributed by atoms with Gasteiger partial charge in [-0.05, 0) is 29.8 Å². The summed E-state index contributed by atoms with van der Waals surface area (Å²) in [7, 11) is 0. The van der Waals surface area contributed by atoms with Gasteiger partial charge in [-0.1, -0.05) is 24.3 Å². The zero-order valence-corrected chi connectivity index (χ0v) is 13.3. The Balaban J connectivity index is 1.65. The molecule has 0 saturated carbocycles. The quantitative estimate of drug-likeness (QED) is 0.714. The third-order valence-corrected chi connectivity index (χ3v) is 3.68. The molecule has 1 heterocycles. The molecule has 0 unspecified atom stereocenters. The summed E-state index contributed by atoms with van der Waals surface area (Å²) >= 11 is 0. The summed E-state index contributed by atoms with van der Waals surface area (Å²) in [4.78, 5) is 12.1. The number of para-hydroxylation sites is 1. The Kier molecular flexibility index (Phi) is 4.75. The van der Waals surface area contributed by atoms with Crippen LogP contribution in [-0.4, -0.2) is 15.7 Å². The molecular formula is C18H13F4N3O. The molecule has 1 amide bonds.